The molecule has 0 saturated carbocycles. The summed E-state index contributed by atoms with van der Waals surface area (Å²) in [6.07, 6.45) is -3.12. The number of alkyl halides is 3. The molecule has 12 heavy (non-hydrogen) atoms. The van der Waals surface area contributed by atoms with E-state index in [0.717, 1.165) is 6.08 Å². The SMILES string of the molecule is C=CC(=O)OC=CCC(F)(F)F. The van der Waals surface area contributed by atoms with E-state index in [1.807, 2.05) is 0 Å². The van der Waals surface area contributed by atoms with Crippen molar-refractivity contribution >= 4 is 5.97 Å². The summed E-state index contributed by atoms with van der Waals surface area (Å²) in [4.78, 5) is 10.3. The molecule has 0 unspecified atom stereocenters. The molecular weight excluding hydrogens is 173 g/mol. The minimum atomic E-state index is -4.27. The van der Waals surface area contributed by atoms with Gasteiger partial charge in [0.05, 0.1) is 12.7 Å². The molecule has 0 bridgehead atoms. The fourth-order valence-electron chi connectivity index (χ4n) is 0.345. The van der Waals surface area contributed by atoms with Crippen LogP contribution in [0.2, 0.25) is 0 Å². The van der Waals surface area contributed by atoms with Crippen molar-refractivity contribution in [3.63, 3.8) is 0 Å². The molecule has 0 fully saturated rings. The van der Waals surface area contributed by atoms with E-state index in [1.54, 1.807) is 0 Å². The van der Waals surface area contributed by atoms with Crippen LogP contribution in [-0.2, 0) is 9.53 Å². The highest BCUT2D eigenvalue weighted by atomic mass is 19.4. The Morgan fingerprint density at radius 2 is 2.08 bits per heavy atom. The van der Waals surface area contributed by atoms with Gasteiger partial charge in [0.25, 0.3) is 0 Å². The summed E-state index contributed by atoms with van der Waals surface area (Å²) in [5, 5.41) is 0. The number of allylic oxidation sites excluding steroid dienone is 1. The van der Waals surface area contributed by atoms with E-state index in [2.05, 4.69) is 11.3 Å². The zero-order valence-electron chi connectivity index (χ0n) is 6.10. The van der Waals surface area contributed by atoms with Crippen molar-refractivity contribution in [2.75, 3.05) is 0 Å². The summed E-state index contributed by atoms with van der Waals surface area (Å²) in [6, 6.07) is 0. The molecule has 2 nitrogen and oxygen atoms in total. The fourth-order valence-corrected chi connectivity index (χ4v) is 0.345. The van der Waals surface area contributed by atoms with Crippen LogP contribution in [-0.4, -0.2) is 12.1 Å². The molecule has 5 heteroatoms. The minimum absolute atomic E-state index is 0.692. The van der Waals surface area contributed by atoms with Crippen LogP contribution in [0.4, 0.5) is 13.2 Å². The van der Waals surface area contributed by atoms with Gasteiger partial charge in [-0.05, 0) is 6.08 Å². The molecule has 0 saturated heterocycles. The summed E-state index contributed by atoms with van der Waals surface area (Å²) in [7, 11) is 0. The standard InChI is InChI=1S/C7H7F3O2/c1-2-6(11)12-5-3-4-7(8,9)10/h2-3,5H,1,4H2. The third-order valence-corrected chi connectivity index (χ3v) is 0.796. The van der Waals surface area contributed by atoms with Crippen molar-refractivity contribution in [1.29, 1.82) is 0 Å². The predicted molar refractivity (Wildman–Crippen MR) is 36.1 cm³/mol. The number of carbonyl (C=O) groups excluding carboxylic acids is 1. The van der Waals surface area contributed by atoms with Crippen LogP contribution in [0.15, 0.2) is 25.0 Å². The van der Waals surface area contributed by atoms with Gasteiger partial charge in [0.2, 0.25) is 0 Å². The van der Waals surface area contributed by atoms with Crippen LogP contribution in [0, 0.1) is 0 Å². The third-order valence-electron chi connectivity index (χ3n) is 0.796. The van der Waals surface area contributed by atoms with Gasteiger partial charge in [-0.2, -0.15) is 13.2 Å². The van der Waals surface area contributed by atoms with E-state index in [9.17, 15) is 18.0 Å². The van der Waals surface area contributed by atoms with Crippen LogP contribution in [0.5, 0.6) is 0 Å². The maximum absolute atomic E-state index is 11.5. The Bertz CT molecular complexity index is 193. The minimum Gasteiger partial charge on any atom is -0.432 e. The summed E-state index contributed by atoms with van der Waals surface area (Å²) in [5.74, 6) is -0.784. The average Bonchev–Trinajstić information content (AvgIpc) is 1.96. The van der Waals surface area contributed by atoms with Crippen LogP contribution in [0.1, 0.15) is 6.42 Å². The first kappa shape index (κ1) is 10.7. The second-order valence-corrected chi connectivity index (χ2v) is 1.83. The van der Waals surface area contributed by atoms with Gasteiger partial charge in [-0.1, -0.05) is 6.58 Å². The van der Waals surface area contributed by atoms with E-state index >= 15 is 0 Å². The van der Waals surface area contributed by atoms with Gasteiger partial charge in [0.15, 0.2) is 0 Å². The van der Waals surface area contributed by atoms with E-state index in [1.165, 1.54) is 0 Å². The van der Waals surface area contributed by atoms with Gasteiger partial charge in [-0.15, -0.1) is 0 Å². The Kier molecular flexibility index (Phi) is 4.10. The molecule has 0 amide bonds. The smallest absolute Gasteiger partial charge is 0.392 e. The number of carbonyl (C=O) groups is 1. The van der Waals surface area contributed by atoms with Crippen LogP contribution in [0.25, 0.3) is 0 Å². The monoisotopic (exact) mass is 180 g/mol. The van der Waals surface area contributed by atoms with Crippen molar-refractivity contribution in [2.24, 2.45) is 0 Å². The normalized spacial score (nSPS) is 11.6. The Labute approximate surface area is 67.3 Å². The summed E-state index contributed by atoms with van der Waals surface area (Å²) < 4.78 is 38.5. The van der Waals surface area contributed by atoms with Crippen molar-refractivity contribution in [1.82, 2.24) is 0 Å². The highest BCUT2D eigenvalue weighted by molar-refractivity contribution is 5.81. The molecule has 0 spiro atoms. The molecule has 0 atom stereocenters. The summed E-state index contributed by atoms with van der Waals surface area (Å²) >= 11 is 0. The maximum atomic E-state index is 11.5. The molecule has 68 valence electrons. The fraction of sp³-hybridized carbons (Fsp3) is 0.286. The molecule has 0 aromatic heterocycles. The highest BCUT2D eigenvalue weighted by Crippen LogP contribution is 2.19. The van der Waals surface area contributed by atoms with Crippen molar-refractivity contribution in [2.45, 2.75) is 12.6 Å². The Morgan fingerprint density at radius 3 is 2.50 bits per heavy atom. The molecule has 0 aliphatic rings. The van der Waals surface area contributed by atoms with Crippen LogP contribution >= 0.6 is 0 Å². The van der Waals surface area contributed by atoms with Gasteiger partial charge in [-0.3, -0.25) is 0 Å². The molecular formula is C7H7F3O2. The zero-order valence-corrected chi connectivity index (χ0v) is 6.10. The maximum Gasteiger partial charge on any atom is 0.392 e. The topological polar surface area (TPSA) is 26.3 Å². The first-order valence-electron chi connectivity index (χ1n) is 3.00. The summed E-state index contributed by atoms with van der Waals surface area (Å²) in [5.41, 5.74) is 0. The largest absolute Gasteiger partial charge is 0.432 e. The number of rotatable bonds is 3. The molecule has 0 N–H and O–H groups in total. The Hall–Kier alpha value is -1.26. The van der Waals surface area contributed by atoms with E-state index in [-0.39, 0.29) is 0 Å². The number of hydrogen-bond donors (Lipinski definition) is 0. The Balaban J connectivity index is 3.64. The molecule has 0 aliphatic heterocycles. The first-order chi connectivity index (χ1) is 5.45. The van der Waals surface area contributed by atoms with Crippen molar-refractivity contribution in [3.8, 4) is 0 Å². The van der Waals surface area contributed by atoms with Gasteiger partial charge >= 0.3 is 12.1 Å². The van der Waals surface area contributed by atoms with Crippen LogP contribution in [0.3, 0.4) is 0 Å². The van der Waals surface area contributed by atoms with Crippen molar-refractivity contribution < 1.29 is 22.7 Å². The molecule has 0 aromatic rings. The predicted octanol–water partition coefficient (Wildman–Crippen LogP) is 2.18. The highest BCUT2D eigenvalue weighted by Gasteiger charge is 2.24. The lowest BCUT2D eigenvalue weighted by Crippen LogP contribution is -2.04. The molecule has 0 radical (unpaired) electrons. The van der Waals surface area contributed by atoms with Gasteiger partial charge in [-0.25, -0.2) is 4.79 Å². The second-order valence-electron chi connectivity index (χ2n) is 1.83. The van der Waals surface area contributed by atoms with Crippen LogP contribution < -0.4 is 0 Å². The quantitative estimate of drug-likeness (QED) is 0.378. The van der Waals surface area contributed by atoms with E-state index in [4.69, 9.17) is 0 Å². The molecule has 0 aliphatic carbocycles. The van der Waals surface area contributed by atoms with E-state index in [0.29, 0.717) is 12.3 Å². The number of hydrogen-bond acceptors (Lipinski definition) is 2. The second kappa shape index (κ2) is 4.58. The van der Waals surface area contributed by atoms with Gasteiger partial charge in [0.1, 0.15) is 0 Å². The Morgan fingerprint density at radius 1 is 1.50 bits per heavy atom. The lowest BCUT2D eigenvalue weighted by atomic mass is 10.4. The van der Waals surface area contributed by atoms with Gasteiger partial charge < -0.3 is 4.74 Å². The lowest BCUT2D eigenvalue weighted by Gasteiger charge is -1.99. The van der Waals surface area contributed by atoms with Gasteiger partial charge in [0, 0.05) is 6.08 Å². The molecule has 0 aromatic carbocycles. The third kappa shape index (κ3) is 6.85. The average molecular weight is 180 g/mol. The number of halogens is 3. The van der Waals surface area contributed by atoms with Crippen molar-refractivity contribution in [3.05, 3.63) is 25.0 Å². The number of esters is 1. The summed E-state index contributed by atoms with van der Waals surface area (Å²) in [6.45, 7) is 3.06. The molecule has 0 rings (SSSR count). The number of ether oxygens (including phenoxy) is 1. The van der Waals surface area contributed by atoms with E-state index < -0.39 is 18.6 Å². The molecule has 0 heterocycles. The first-order valence-corrected chi connectivity index (χ1v) is 3.00. The zero-order chi connectivity index (χ0) is 9.61. The lowest BCUT2D eigenvalue weighted by molar-refractivity contribution is -0.133.